The van der Waals surface area contributed by atoms with Crippen LogP contribution in [0.1, 0.15) is 36.7 Å². The fourth-order valence-electron chi connectivity index (χ4n) is 3.19. The van der Waals surface area contributed by atoms with E-state index in [4.69, 9.17) is 5.73 Å². The molecular weight excluding hydrogens is 250 g/mol. The van der Waals surface area contributed by atoms with Crippen LogP contribution in [-0.4, -0.2) is 28.9 Å². The maximum atomic E-state index is 5.73. The minimum absolute atomic E-state index is 0.282. The molecule has 0 saturated heterocycles. The Balaban J connectivity index is 2.00. The Bertz CT molecular complexity index is 616. The zero-order chi connectivity index (χ0) is 14.3. The van der Waals surface area contributed by atoms with Crippen LogP contribution in [0.3, 0.4) is 0 Å². The van der Waals surface area contributed by atoms with Crippen LogP contribution in [0.2, 0.25) is 0 Å². The van der Waals surface area contributed by atoms with Crippen molar-refractivity contribution < 1.29 is 0 Å². The predicted molar refractivity (Wildman–Crippen MR) is 81.0 cm³/mol. The first-order valence-corrected chi connectivity index (χ1v) is 7.05. The molecule has 3 rings (SSSR count). The van der Waals surface area contributed by atoms with E-state index in [1.54, 1.807) is 0 Å². The summed E-state index contributed by atoms with van der Waals surface area (Å²) in [6.07, 6.45) is 2.02. The molecule has 0 bridgehead atoms. The highest BCUT2D eigenvalue weighted by Gasteiger charge is 2.30. The molecule has 2 heterocycles. The third kappa shape index (κ3) is 2.03. The maximum Gasteiger partial charge on any atom is 0.239 e. The van der Waals surface area contributed by atoms with Crippen molar-refractivity contribution in [1.82, 2.24) is 14.8 Å². The molecule has 2 unspecified atom stereocenters. The van der Waals surface area contributed by atoms with Gasteiger partial charge in [0.15, 0.2) is 0 Å². The van der Waals surface area contributed by atoms with Crippen molar-refractivity contribution in [3.05, 3.63) is 35.7 Å². The number of rotatable bonds is 2. The molecule has 0 spiro atoms. The van der Waals surface area contributed by atoms with E-state index in [-0.39, 0.29) is 6.04 Å². The van der Waals surface area contributed by atoms with Gasteiger partial charge in [-0.25, -0.2) is 4.68 Å². The van der Waals surface area contributed by atoms with E-state index in [1.165, 1.54) is 11.3 Å². The van der Waals surface area contributed by atoms with Gasteiger partial charge in [0, 0.05) is 32.1 Å². The summed E-state index contributed by atoms with van der Waals surface area (Å²) in [5.41, 5.74) is 8.39. The number of aryl methyl sites for hydroxylation is 1. The molecule has 0 amide bonds. The SMILES string of the molecule is CC1C(c2ccccc2N(C)C)CCc2nc(N)nn21. The molecular formula is C15H21N5. The van der Waals surface area contributed by atoms with Gasteiger partial charge in [0.2, 0.25) is 5.95 Å². The molecule has 0 fully saturated rings. The van der Waals surface area contributed by atoms with E-state index >= 15 is 0 Å². The molecule has 106 valence electrons. The minimum Gasteiger partial charge on any atom is -0.377 e. The number of fused-ring (bicyclic) bond motifs is 1. The van der Waals surface area contributed by atoms with Gasteiger partial charge in [-0.3, -0.25) is 0 Å². The molecule has 1 aliphatic rings. The molecule has 2 aromatic rings. The van der Waals surface area contributed by atoms with Crippen LogP contribution in [0, 0.1) is 0 Å². The number of nitrogens with zero attached hydrogens (tertiary/aromatic N) is 4. The van der Waals surface area contributed by atoms with Gasteiger partial charge in [0.1, 0.15) is 5.82 Å². The molecule has 2 atom stereocenters. The molecule has 1 aliphatic heterocycles. The second kappa shape index (κ2) is 4.81. The van der Waals surface area contributed by atoms with Crippen LogP contribution in [-0.2, 0) is 6.42 Å². The second-order valence-corrected chi connectivity index (χ2v) is 5.67. The third-order valence-corrected chi connectivity index (χ3v) is 4.18. The number of aromatic nitrogens is 3. The molecule has 1 aromatic heterocycles. The summed E-state index contributed by atoms with van der Waals surface area (Å²) in [7, 11) is 4.18. The summed E-state index contributed by atoms with van der Waals surface area (Å²) in [5.74, 6) is 1.84. The summed E-state index contributed by atoms with van der Waals surface area (Å²) < 4.78 is 2.00. The average Bonchev–Trinajstić information content (AvgIpc) is 2.81. The van der Waals surface area contributed by atoms with Crippen molar-refractivity contribution >= 4 is 11.6 Å². The number of anilines is 2. The Labute approximate surface area is 119 Å². The van der Waals surface area contributed by atoms with E-state index in [2.05, 4.69) is 60.3 Å². The smallest absolute Gasteiger partial charge is 0.239 e. The molecule has 5 nitrogen and oxygen atoms in total. The fraction of sp³-hybridized carbons (Fsp3) is 0.467. The quantitative estimate of drug-likeness (QED) is 0.910. The van der Waals surface area contributed by atoms with Gasteiger partial charge < -0.3 is 10.6 Å². The minimum atomic E-state index is 0.282. The van der Waals surface area contributed by atoms with Crippen molar-refractivity contribution in [2.45, 2.75) is 31.7 Å². The van der Waals surface area contributed by atoms with E-state index in [1.807, 2.05) is 4.68 Å². The van der Waals surface area contributed by atoms with Gasteiger partial charge in [0.25, 0.3) is 0 Å². The van der Waals surface area contributed by atoms with E-state index in [0.717, 1.165) is 18.7 Å². The molecule has 20 heavy (non-hydrogen) atoms. The number of nitrogen functional groups attached to an aromatic ring is 1. The topological polar surface area (TPSA) is 60.0 Å². The summed E-state index contributed by atoms with van der Waals surface area (Å²) >= 11 is 0. The van der Waals surface area contributed by atoms with Crippen LogP contribution < -0.4 is 10.6 Å². The van der Waals surface area contributed by atoms with Gasteiger partial charge in [-0.15, -0.1) is 5.10 Å². The first-order valence-electron chi connectivity index (χ1n) is 7.05. The lowest BCUT2D eigenvalue weighted by Gasteiger charge is -2.32. The van der Waals surface area contributed by atoms with Crippen LogP contribution in [0.25, 0.3) is 0 Å². The van der Waals surface area contributed by atoms with Crippen LogP contribution in [0.5, 0.6) is 0 Å². The van der Waals surface area contributed by atoms with E-state index < -0.39 is 0 Å². The molecule has 5 heteroatoms. The van der Waals surface area contributed by atoms with E-state index in [0.29, 0.717) is 11.9 Å². The van der Waals surface area contributed by atoms with Gasteiger partial charge in [0.05, 0.1) is 6.04 Å². The van der Waals surface area contributed by atoms with Crippen molar-refractivity contribution in [2.24, 2.45) is 0 Å². The monoisotopic (exact) mass is 271 g/mol. The lowest BCUT2D eigenvalue weighted by Crippen LogP contribution is -2.26. The summed E-state index contributed by atoms with van der Waals surface area (Å²) in [4.78, 5) is 6.48. The molecule has 1 aromatic carbocycles. The van der Waals surface area contributed by atoms with Crippen LogP contribution in [0.4, 0.5) is 11.6 Å². The Hall–Kier alpha value is -2.04. The zero-order valence-electron chi connectivity index (χ0n) is 12.2. The fourth-order valence-corrected chi connectivity index (χ4v) is 3.19. The molecule has 2 N–H and O–H groups in total. The second-order valence-electron chi connectivity index (χ2n) is 5.67. The van der Waals surface area contributed by atoms with Gasteiger partial charge in [-0.1, -0.05) is 18.2 Å². The number of nitrogens with two attached hydrogens (primary N) is 1. The highest BCUT2D eigenvalue weighted by atomic mass is 15.4. The highest BCUT2D eigenvalue weighted by Crippen LogP contribution is 2.40. The highest BCUT2D eigenvalue weighted by molar-refractivity contribution is 5.54. The van der Waals surface area contributed by atoms with Crippen LogP contribution >= 0.6 is 0 Å². The lowest BCUT2D eigenvalue weighted by atomic mass is 9.84. The van der Waals surface area contributed by atoms with Crippen molar-refractivity contribution in [3.8, 4) is 0 Å². The average molecular weight is 271 g/mol. The normalized spacial score (nSPS) is 21.6. The van der Waals surface area contributed by atoms with Crippen molar-refractivity contribution in [2.75, 3.05) is 24.7 Å². The number of hydrogen-bond donors (Lipinski definition) is 1. The number of para-hydroxylation sites is 1. The first kappa shape index (κ1) is 13.0. The summed E-state index contributed by atoms with van der Waals surface area (Å²) in [6, 6.07) is 8.88. The Morgan fingerprint density at radius 3 is 2.80 bits per heavy atom. The molecule has 0 aliphatic carbocycles. The number of benzene rings is 1. The maximum absolute atomic E-state index is 5.73. The lowest BCUT2D eigenvalue weighted by molar-refractivity contribution is 0.339. The summed E-state index contributed by atoms with van der Waals surface area (Å²) in [5, 5.41) is 4.35. The van der Waals surface area contributed by atoms with E-state index in [9.17, 15) is 0 Å². The standard InChI is InChI=1S/C15H21N5/c1-10-11(8-9-14-17-15(16)18-20(10)14)12-6-4-5-7-13(12)19(2)3/h4-7,10-11H,8-9H2,1-3H3,(H2,16,18). The summed E-state index contributed by atoms with van der Waals surface area (Å²) in [6.45, 7) is 2.20. The zero-order valence-corrected chi connectivity index (χ0v) is 12.2. The van der Waals surface area contributed by atoms with Crippen LogP contribution in [0.15, 0.2) is 24.3 Å². The predicted octanol–water partition coefficient (Wildman–Crippen LogP) is 2.22. The van der Waals surface area contributed by atoms with Gasteiger partial charge >= 0.3 is 0 Å². The Morgan fingerprint density at radius 1 is 1.30 bits per heavy atom. The Morgan fingerprint density at radius 2 is 2.05 bits per heavy atom. The molecule has 0 saturated carbocycles. The largest absolute Gasteiger partial charge is 0.377 e. The number of hydrogen-bond acceptors (Lipinski definition) is 4. The molecule has 0 radical (unpaired) electrons. The van der Waals surface area contributed by atoms with Crippen molar-refractivity contribution in [1.29, 1.82) is 0 Å². The van der Waals surface area contributed by atoms with Gasteiger partial charge in [-0.05, 0) is 25.0 Å². The van der Waals surface area contributed by atoms with Gasteiger partial charge in [-0.2, -0.15) is 4.98 Å². The first-order chi connectivity index (χ1) is 9.58. The Kier molecular flexibility index (Phi) is 3.12. The third-order valence-electron chi connectivity index (χ3n) is 4.18. The van der Waals surface area contributed by atoms with Crippen molar-refractivity contribution in [3.63, 3.8) is 0 Å².